The summed E-state index contributed by atoms with van der Waals surface area (Å²) in [5.41, 5.74) is 6.02. The predicted molar refractivity (Wildman–Crippen MR) is 60.1 cm³/mol. The van der Waals surface area contributed by atoms with Gasteiger partial charge in [0.1, 0.15) is 0 Å². The molecule has 0 unspecified atom stereocenters. The highest BCUT2D eigenvalue weighted by atomic mass is 35.5. The second kappa shape index (κ2) is 5.40. The molecule has 0 aliphatic heterocycles. The van der Waals surface area contributed by atoms with E-state index in [0.29, 0.717) is 5.02 Å². The molecular formula is C11H11ClF3NO. The fourth-order valence-electron chi connectivity index (χ4n) is 1.31. The van der Waals surface area contributed by atoms with Gasteiger partial charge in [-0.1, -0.05) is 11.6 Å². The Hall–Kier alpha value is -1.23. The van der Waals surface area contributed by atoms with Crippen molar-refractivity contribution >= 4 is 23.1 Å². The van der Waals surface area contributed by atoms with Crippen LogP contribution >= 0.6 is 11.6 Å². The van der Waals surface area contributed by atoms with Gasteiger partial charge in [0.25, 0.3) is 0 Å². The molecule has 94 valence electrons. The van der Waals surface area contributed by atoms with Gasteiger partial charge < -0.3 is 5.73 Å². The lowest BCUT2D eigenvalue weighted by Gasteiger charge is -2.06. The third-order valence-corrected chi connectivity index (χ3v) is 2.53. The summed E-state index contributed by atoms with van der Waals surface area (Å²) >= 11 is 5.66. The van der Waals surface area contributed by atoms with E-state index < -0.39 is 12.6 Å². The molecule has 1 aromatic rings. The predicted octanol–water partition coefficient (Wildman–Crippen LogP) is 3.84. The number of carbonyl (C=O) groups is 1. The first-order chi connectivity index (χ1) is 7.79. The van der Waals surface area contributed by atoms with Crippen molar-refractivity contribution in [2.75, 3.05) is 5.73 Å². The normalized spacial score (nSPS) is 11.5. The lowest BCUT2D eigenvalue weighted by molar-refractivity contribution is -0.135. The van der Waals surface area contributed by atoms with Crippen LogP contribution in [0.1, 0.15) is 29.6 Å². The summed E-state index contributed by atoms with van der Waals surface area (Å²) in [6.07, 6.45) is -5.55. The average Bonchev–Trinajstić information content (AvgIpc) is 2.20. The van der Waals surface area contributed by atoms with Crippen molar-refractivity contribution in [1.29, 1.82) is 0 Å². The Labute approximate surface area is 102 Å². The Morgan fingerprint density at radius 3 is 2.53 bits per heavy atom. The van der Waals surface area contributed by atoms with E-state index in [2.05, 4.69) is 0 Å². The van der Waals surface area contributed by atoms with Gasteiger partial charge in [-0.3, -0.25) is 4.79 Å². The summed E-state index contributed by atoms with van der Waals surface area (Å²) in [7, 11) is 0. The Kier molecular flexibility index (Phi) is 4.40. The lowest BCUT2D eigenvalue weighted by atomic mass is 10.0. The van der Waals surface area contributed by atoms with E-state index in [-0.39, 0.29) is 29.9 Å². The van der Waals surface area contributed by atoms with Gasteiger partial charge in [0.15, 0.2) is 5.78 Å². The number of nitrogen functional groups attached to an aromatic ring is 1. The van der Waals surface area contributed by atoms with Gasteiger partial charge in [-0.25, -0.2) is 0 Å². The summed E-state index contributed by atoms with van der Waals surface area (Å²) in [5, 5.41) is 0.317. The van der Waals surface area contributed by atoms with Crippen LogP contribution < -0.4 is 5.73 Å². The summed E-state index contributed by atoms with van der Waals surface area (Å²) in [4.78, 5) is 11.5. The molecule has 1 aromatic carbocycles. The second-order valence-electron chi connectivity index (χ2n) is 3.63. The van der Waals surface area contributed by atoms with Crippen LogP contribution in [0.3, 0.4) is 0 Å². The number of carbonyl (C=O) groups excluding carboxylic acids is 1. The number of benzene rings is 1. The summed E-state index contributed by atoms with van der Waals surface area (Å²) in [5.74, 6) is -0.363. The van der Waals surface area contributed by atoms with Crippen molar-refractivity contribution in [2.45, 2.75) is 25.4 Å². The standard InChI is InChI=1S/C11H11ClF3NO/c12-8-4-3-7(6-9(8)16)10(17)2-1-5-11(13,14)15/h3-4,6H,1-2,5,16H2. The molecule has 0 saturated heterocycles. The summed E-state index contributed by atoms with van der Waals surface area (Å²) in [6.45, 7) is 0. The molecule has 1 rings (SSSR count). The van der Waals surface area contributed by atoms with Gasteiger partial charge in [0.05, 0.1) is 10.7 Å². The number of rotatable bonds is 4. The molecule has 0 atom stereocenters. The molecule has 17 heavy (non-hydrogen) atoms. The minimum atomic E-state index is -4.22. The van der Waals surface area contributed by atoms with Crippen molar-refractivity contribution in [2.24, 2.45) is 0 Å². The van der Waals surface area contributed by atoms with Crippen LogP contribution in [-0.4, -0.2) is 12.0 Å². The zero-order chi connectivity index (χ0) is 13.1. The van der Waals surface area contributed by atoms with Gasteiger partial charge in [-0.05, 0) is 24.6 Å². The highest BCUT2D eigenvalue weighted by Gasteiger charge is 2.26. The molecule has 0 saturated carbocycles. The fraction of sp³-hybridized carbons (Fsp3) is 0.364. The van der Waals surface area contributed by atoms with E-state index in [0.717, 1.165) is 0 Å². The third-order valence-electron chi connectivity index (χ3n) is 2.18. The van der Waals surface area contributed by atoms with Crippen LogP contribution in [0.25, 0.3) is 0 Å². The van der Waals surface area contributed by atoms with E-state index in [9.17, 15) is 18.0 Å². The Bertz CT molecular complexity index is 418. The molecule has 0 aliphatic rings. The smallest absolute Gasteiger partial charge is 0.389 e. The molecule has 0 aromatic heterocycles. The van der Waals surface area contributed by atoms with Crippen molar-refractivity contribution in [3.8, 4) is 0 Å². The highest BCUT2D eigenvalue weighted by molar-refractivity contribution is 6.33. The number of ketones is 1. The molecule has 0 radical (unpaired) electrons. The number of halogens is 4. The van der Waals surface area contributed by atoms with Crippen LogP contribution in [-0.2, 0) is 0 Å². The molecule has 0 amide bonds. The second-order valence-corrected chi connectivity index (χ2v) is 4.04. The van der Waals surface area contributed by atoms with Gasteiger partial charge in [0.2, 0.25) is 0 Å². The van der Waals surface area contributed by atoms with Crippen LogP contribution in [0.15, 0.2) is 18.2 Å². The first-order valence-corrected chi connectivity index (χ1v) is 5.32. The van der Waals surface area contributed by atoms with E-state index in [1.54, 1.807) is 0 Å². The molecule has 0 bridgehead atoms. The quantitative estimate of drug-likeness (QED) is 0.664. The molecule has 0 aliphatic carbocycles. The van der Waals surface area contributed by atoms with E-state index in [1.165, 1.54) is 18.2 Å². The number of hydrogen-bond donors (Lipinski definition) is 1. The maximum Gasteiger partial charge on any atom is 0.389 e. The lowest BCUT2D eigenvalue weighted by Crippen LogP contribution is -2.08. The Morgan fingerprint density at radius 1 is 1.35 bits per heavy atom. The van der Waals surface area contributed by atoms with Gasteiger partial charge in [-0.15, -0.1) is 0 Å². The zero-order valence-corrected chi connectivity index (χ0v) is 9.61. The Balaban J connectivity index is 2.56. The first kappa shape index (κ1) is 13.8. The van der Waals surface area contributed by atoms with E-state index >= 15 is 0 Å². The van der Waals surface area contributed by atoms with Gasteiger partial charge >= 0.3 is 6.18 Å². The topological polar surface area (TPSA) is 43.1 Å². The Morgan fingerprint density at radius 2 is 2.00 bits per heavy atom. The number of Topliss-reactive ketones (excluding diaryl/α,β-unsaturated/α-hetero) is 1. The van der Waals surface area contributed by atoms with Crippen LogP contribution in [0.2, 0.25) is 5.02 Å². The van der Waals surface area contributed by atoms with Gasteiger partial charge in [0, 0.05) is 18.4 Å². The summed E-state index contributed by atoms with van der Waals surface area (Å²) in [6, 6.07) is 4.28. The van der Waals surface area contributed by atoms with Crippen LogP contribution in [0.4, 0.5) is 18.9 Å². The highest BCUT2D eigenvalue weighted by Crippen LogP contribution is 2.24. The number of hydrogen-bond acceptors (Lipinski definition) is 2. The number of nitrogens with two attached hydrogens (primary N) is 1. The molecule has 2 nitrogen and oxygen atoms in total. The van der Waals surface area contributed by atoms with Crippen LogP contribution in [0.5, 0.6) is 0 Å². The average molecular weight is 266 g/mol. The maximum atomic E-state index is 11.9. The minimum absolute atomic E-state index is 0.152. The molecule has 0 spiro atoms. The zero-order valence-electron chi connectivity index (χ0n) is 8.85. The minimum Gasteiger partial charge on any atom is -0.398 e. The van der Waals surface area contributed by atoms with Crippen molar-refractivity contribution in [3.63, 3.8) is 0 Å². The number of anilines is 1. The first-order valence-electron chi connectivity index (χ1n) is 4.94. The maximum absolute atomic E-state index is 11.9. The van der Waals surface area contributed by atoms with Crippen molar-refractivity contribution < 1.29 is 18.0 Å². The number of alkyl halides is 3. The molecule has 2 N–H and O–H groups in total. The molecule has 0 fully saturated rings. The summed E-state index contributed by atoms with van der Waals surface area (Å²) < 4.78 is 35.6. The fourth-order valence-corrected chi connectivity index (χ4v) is 1.43. The third kappa shape index (κ3) is 4.65. The molecule has 0 heterocycles. The largest absolute Gasteiger partial charge is 0.398 e. The van der Waals surface area contributed by atoms with E-state index in [4.69, 9.17) is 17.3 Å². The van der Waals surface area contributed by atoms with E-state index in [1.807, 2.05) is 0 Å². The van der Waals surface area contributed by atoms with Crippen molar-refractivity contribution in [3.05, 3.63) is 28.8 Å². The molecule has 6 heteroatoms. The van der Waals surface area contributed by atoms with Gasteiger partial charge in [-0.2, -0.15) is 13.2 Å². The monoisotopic (exact) mass is 265 g/mol. The molecular weight excluding hydrogens is 255 g/mol. The van der Waals surface area contributed by atoms with Crippen molar-refractivity contribution in [1.82, 2.24) is 0 Å². The van der Waals surface area contributed by atoms with Crippen LogP contribution in [0, 0.1) is 0 Å². The SMILES string of the molecule is Nc1cc(C(=O)CCCC(F)(F)F)ccc1Cl.